The average Bonchev–Trinajstić information content (AvgIpc) is 3.27. The maximum atomic E-state index is 2.37. The first-order chi connectivity index (χ1) is 27.3. The topological polar surface area (TPSA) is 3.24 Å². The molecule has 0 aliphatic heterocycles. The van der Waals surface area contributed by atoms with Gasteiger partial charge in [-0.05, 0) is 119 Å². The fourth-order valence-electron chi connectivity index (χ4n) is 8.12. The maximum absolute atomic E-state index is 2.37. The van der Waals surface area contributed by atoms with Gasteiger partial charge in [-0.2, -0.15) is 0 Å². The molecule has 1 nitrogen and oxygen atoms in total. The van der Waals surface area contributed by atoms with Crippen LogP contribution in [0.25, 0.3) is 76.8 Å². The summed E-state index contributed by atoms with van der Waals surface area (Å²) in [5.74, 6) is 0. The van der Waals surface area contributed by atoms with Crippen molar-refractivity contribution < 1.29 is 0 Å². The van der Waals surface area contributed by atoms with Gasteiger partial charge in [-0.3, -0.25) is 0 Å². The van der Waals surface area contributed by atoms with Crippen LogP contribution in [0.4, 0.5) is 17.1 Å². The Hall–Kier alpha value is -7.22. The van der Waals surface area contributed by atoms with E-state index in [0.717, 1.165) is 17.1 Å². The van der Waals surface area contributed by atoms with Crippen molar-refractivity contribution in [1.29, 1.82) is 0 Å². The summed E-state index contributed by atoms with van der Waals surface area (Å²) in [6.45, 7) is 0. The predicted octanol–water partition coefficient (Wildman–Crippen LogP) is 15.3. The molecule has 0 aromatic heterocycles. The van der Waals surface area contributed by atoms with E-state index in [1.807, 2.05) is 0 Å². The van der Waals surface area contributed by atoms with Crippen LogP contribution in [-0.4, -0.2) is 0 Å². The number of fused-ring (bicyclic) bond motifs is 4. The zero-order valence-corrected chi connectivity index (χ0v) is 30.3. The van der Waals surface area contributed by atoms with Crippen LogP contribution in [-0.2, 0) is 0 Å². The van der Waals surface area contributed by atoms with E-state index in [9.17, 15) is 0 Å². The number of anilines is 3. The van der Waals surface area contributed by atoms with Gasteiger partial charge >= 0.3 is 0 Å². The van der Waals surface area contributed by atoms with E-state index in [4.69, 9.17) is 0 Å². The molecule has 0 aliphatic rings. The highest BCUT2D eigenvalue weighted by molar-refractivity contribution is 6.08. The monoisotopic (exact) mass is 699 g/mol. The lowest BCUT2D eigenvalue weighted by atomic mass is 9.90. The Labute approximate surface area is 322 Å². The van der Waals surface area contributed by atoms with Gasteiger partial charge in [0.1, 0.15) is 0 Å². The summed E-state index contributed by atoms with van der Waals surface area (Å²) in [5, 5.41) is 7.57. The summed E-state index contributed by atoms with van der Waals surface area (Å²) < 4.78 is 0. The number of hydrogen-bond donors (Lipinski definition) is 0. The highest BCUT2D eigenvalue weighted by Gasteiger charge is 2.17. The van der Waals surface area contributed by atoms with Crippen molar-refractivity contribution in [2.24, 2.45) is 0 Å². The van der Waals surface area contributed by atoms with Gasteiger partial charge in [0.05, 0.1) is 0 Å². The van der Waals surface area contributed by atoms with Gasteiger partial charge in [0, 0.05) is 17.1 Å². The van der Waals surface area contributed by atoms with E-state index in [0.29, 0.717) is 0 Å². The minimum absolute atomic E-state index is 1.10. The quantitative estimate of drug-likeness (QED) is 0.150. The van der Waals surface area contributed by atoms with E-state index in [2.05, 4.69) is 229 Å². The Morgan fingerprint density at radius 3 is 1.45 bits per heavy atom. The molecule has 1 heteroatoms. The summed E-state index contributed by atoms with van der Waals surface area (Å²) in [6, 6.07) is 81.4. The molecule has 0 spiro atoms. The van der Waals surface area contributed by atoms with Crippen molar-refractivity contribution in [3.63, 3.8) is 0 Å². The molecule has 0 bridgehead atoms. The minimum atomic E-state index is 1.10. The summed E-state index contributed by atoms with van der Waals surface area (Å²) in [5.41, 5.74) is 13.0. The molecule has 0 unspecified atom stereocenters. The average molecular weight is 700 g/mol. The largest absolute Gasteiger partial charge is 0.310 e. The van der Waals surface area contributed by atoms with Crippen molar-refractivity contribution in [3.8, 4) is 44.5 Å². The standard InChI is InChI=1S/C54H37N/c1-3-12-38(13-4-1)39-24-30-47(31-25-39)55(49-19-11-18-44(37-49)45-29-34-51-46(36-45)23-22-40-14-7-9-20-50(40)51)48-32-26-42(27-33-48)53-35-28-41-15-8-10-21-52(41)54(53)43-16-5-2-6-17-43/h1-37H. The lowest BCUT2D eigenvalue weighted by Crippen LogP contribution is -2.10. The Morgan fingerprint density at radius 1 is 0.236 bits per heavy atom. The third-order valence-corrected chi connectivity index (χ3v) is 10.8. The highest BCUT2D eigenvalue weighted by atomic mass is 15.1. The number of rotatable bonds is 7. The summed E-state index contributed by atoms with van der Waals surface area (Å²) >= 11 is 0. The van der Waals surface area contributed by atoms with Crippen molar-refractivity contribution in [3.05, 3.63) is 224 Å². The normalized spacial score (nSPS) is 11.3. The lowest BCUT2D eigenvalue weighted by Gasteiger charge is -2.26. The Bertz CT molecular complexity index is 2950. The highest BCUT2D eigenvalue weighted by Crippen LogP contribution is 2.42. The van der Waals surface area contributed by atoms with Crippen LogP contribution in [0.3, 0.4) is 0 Å². The maximum Gasteiger partial charge on any atom is 0.0467 e. The van der Waals surface area contributed by atoms with Gasteiger partial charge in [-0.15, -0.1) is 0 Å². The van der Waals surface area contributed by atoms with E-state index in [-0.39, 0.29) is 0 Å². The van der Waals surface area contributed by atoms with E-state index in [1.54, 1.807) is 0 Å². The second-order valence-electron chi connectivity index (χ2n) is 14.1. The van der Waals surface area contributed by atoms with Crippen LogP contribution < -0.4 is 4.90 Å². The Balaban J connectivity index is 1.08. The minimum Gasteiger partial charge on any atom is -0.310 e. The second-order valence-corrected chi connectivity index (χ2v) is 14.1. The molecular formula is C54H37N. The second kappa shape index (κ2) is 14.0. The first-order valence-electron chi connectivity index (χ1n) is 18.9. The van der Waals surface area contributed by atoms with Crippen molar-refractivity contribution in [1.82, 2.24) is 0 Å². The first-order valence-corrected chi connectivity index (χ1v) is 18.9. The number of hydrogen-bond acceptors (Lipinski definition) is 1. The van der Waals surface area contributed by atoms with Crippen molar-refractivity contribution in [2.75, 3.05) is 4.90 Å². The van der Waals surface area contributed by atoms with Gasteiger partial charge in [0.15, 0.2) is 0 Å². The van der Waals surface area contributed by atoms with Crippen LogP contribution >= 0.6 is 0 Å². The molecule has 0 saturated heterocycles. The molecule has 55 heavy (non-hydrogen) atoms. The molecule has 258 valence electrons. The van der Waals surface area contributed by atoms with Gasteiger partial charge in [-0.1, -0.05) is 182 Å². The zero-order valence-electron chi connectivity index (χ0n) is 30.3. The van der Waals surface area contributed by atoms with Crippen LogP contribution in [0.15, 0.2) is 224 Å². The van der Waals surface area contributed by atoms with Crippen molar-refractivity contribution in [2.45, 2.75) is 0 Å². The van der Waals surface area contributed by atoms with Gasteiger partial charge in [0.25, 0.3) is 0 Å². The number of nitrogens with zero attached hydrogens (tertiary/aromatic N) is 1. The van der Waals surface area contributed by atoms with Gasteiger partial charge < -0.3 is 4.90 Å². The SMILES string of the molecule is c1ccc(-c2ccc(N(c3ccc(-c4ccc5ccccc5c4-c4ccccc4)cc3)c3cccc(-c4ccc5c(ccc6ccccc65)c4)c3)cc2)cc1. The molecule has 10 aromatic carbocycles. The summed E-state index contributed by atoms with van der Waals surface area (Å²) in [6.07, 6.45) is 0. The third kappa shape index (κ3) is 6.12. The van der Waals surface area contributed by atoms with Crippen LogP contribution in [0.1, 0.15) is 0 Å². The molecule has 0 radical (unpaired) electrons. The van der Waals surface area contributed by atoms with Gasteiger partial charge in [0.2, 0.25) is 0 Å². The molecule has 0 N–H and O–H groups in total. The molecule has 10 rings (SSSR count). The molecule has 0 heterocycles. The Kier molecular flexibility index (Phi) is 8.24. The van der Waals surface area contributed by atoms with E-state index >= 15 is 0 Å². The number of benzene rings is 10. The van der Waals surface area contributed by atoms with Crippen LogP contribution in [0.2, 0.25) is 0 Å². The molecule has 0 atom stereocenters. The predicted molar refractivity (Wildman–Crippen MR) is 235 cm³/mol. The molecule has 0 aliphatic carbocycles. The van der Waals surface area contributed by atoms with Gasteiger partial charge in [-0.25, -0.2) is 0 Å². The summed E-state index contributed by atoms with van der Waals surface area (Å²) in [4.78, 5) is 2.37. The van der Waals surface area contributed by atoms with E-state index in [1.165, 1.54) is 76.8 Å². The fraction of sp³-hybridized carbons (Fsp3) is 0. The molecule has 10 aromatic rings. The lowest BCUT2D eigenvalue weighted by molar-refractivity contribution is 1.28. The zero-order chi connectivity index (χ0) is 36.6. The van der Waals surface area contributed by atoms with Crippen molar-refractivity contribution >= 4 is 49.4 Å². The Morgan fingerprint density at radius 2 is 0.727 bits per heavy atom. The van der Waals surface area contributed by atoms with Crippen LogP contribution in [0, 0.1) is 0 Å². The third-order valence-electron chi connectivity index (χ3n) is 10.8. The first kappa shape index (κ1) is 32.4. The molecule has 0 amide bonds. The fourth-order valence-corrected chi connectivity index (χ4v) is 8.12. The molecule has 0 fully saturated rings. The van der Waals surface area contributed by atoms with Crippen LogP contribution in [0.5, 0.6) is 0 Å². The molecular weight excluding hydrogens is 663 g/mol. The van der Waals surface area contributed by atoms with E-state index < -0.39 is 0 Å². The molecule has 0 saturated carbocycles. The summed E-state index contributed by atoms with van der Waals surface area (Å²) in [7, 11) is 0. The smallest absolute Gasteiger partial charge is 0.0467 e.